The second-order valence-electron chi connectivity index (χ2n) is 5.31. The Morgan fingerprint density at radius 3 is 2.38 bits per heavy atom. The molecule has 0 N–H and O–H groups in total. The predicted octanol–water partition coefficient (Wildman–Crippen LogP) is 2.12. The maximum absolute atomic E-state index is 8.65. The molecular weight excluding hydrogens is 160 g/mol. The van der Waals surface area contributed by atoms with Crippen molar-refractivity contribution in [2.75, 3.05) is 19.6 Å². The molecule has 2 nitrogen and oxygen atoms in total. The summed E-state index contributed by atoms with van der Waals surface area (Å²) in [4.78, 5) is 2.38. The minimum atomic E-state index is 0.181. The van der Waals surface area contributed by atoms with Crippen LogP contribution < -0.4 is 0 Å². The minimum absolute atomic E-state index is 0.181. The fourth-order valence-electron chi connectivity index (χ4n) is 1.69. The average Bonchev–Trinajstić information content (AvgIpc) is 1.92. The molecule has 0 bridgehead atoms. The van der Waals surface area contributed by atoms with Gasteiger partial charge in [0.05, 0.1) is 12.0 Å². The summed E-state index contributed by atoms with van der Waals surface area (Å²) in [5, 5.41) is 8.65. The predicted molar refractivity (Wildman–Crippen MR) is 54.2 cm³/mol. The van der Waals surface area contributed by atoms with Gasteiger partial charge in [0.2, 0.25) is 0 Å². The molecule has 1 aliphatic rings. The van der Waals surface area contributed by atoms with Crippen molar-refractivity contribution in [1.82, 2.24) is 4.90 Å². The highest BCUT2D eigenvalue weighted by atomic mass is 15.2. The smallest absolute Gasteiger partial charge is 0.0666 e. The summed E-state index contributed by atoms with van der Waals surface area (Å²) in [6, 6.07) is 2.28. The molecule has 0 saturated carbocycles. The van der Waals surface area contributed by atoms with Crippen LogP contribution in [-0.2, 0) is 0 Å². The van der Waals surface area contributed by atoms with Gasteiger partial charge in [0, 0.05) is 19.6 Å². The number of nitrogens with zero attached hydrogens (tertiary/aromatic N) is 2. The van der Waals surface area contributed by atoms with Crippen molar-refractivity contribution in [3.05, 3.63) is 0 Å². The van der Waals surface area contributed by atoms with Crippen LogP contribution in [0, 0.1) is 28.6 Å². The highest BCUT2D eigenvalue weighted by molar-refractivity contribution is 4.91. The van der Waals surface area contributed by atoms with Gasteiger partial charge in [0.1, 0.15) is 0 Å². The number of likely N-dealkylation sites (tertiary alicyclic amines) is 1. The van der Waals surface area contributed by atoms with E-state index < -0.39 is 0 Å². The van der Waals surface area contributed by atoms with E-state index in [9.17, 15) is 0 Å². The Morgan fingerprint density at radius 2 is 2.00 bits per heavy atom. The third-order valence-corrected chi connectivity index (χ3v) is 2.93. The second-order valence-corrected chi connectivity index (χ2v) is 5.31. The zero-order chi connectivity index (χ0) is 10.1. The van der Waals surface area contributed by atoms with Crippen LogP contribution in [0.5, 0.6) is 0 Å². The van der Waals surface area contributed by atoms with E-state index in [1.54, 1.807) is 0 Å². The van der Waals surface area contributed by atoms with Crippen LogP contribution in [-0.4, -0.2) is 24.5 Å². The van der Waals surface area contributed by atoms with E-state index in [4.69, 9.17) is 5.26 Å². The first-order valence-corrected chi connectivity index (χ1v) is 5.05. The molecule has 1 unspecified atom stereocenters. The van der Waals surface area contributed by atoms with Crippen molar-refractivity contribution in [3.63, 3.8) is 0 Å². The quantitative estimate of drug-likeness (QED) is 0.651. The molecule has 0 radical (unpaired) electrons. The lowest BCUT2D eigenvalue weighted by molar-refractivity contribution is 0.0199. The Hall–Kier alpha value is -0.550. The topological polar surface area (TPSA) is 27.0 Å². The molecule has 1 saturated heterocycles. The Bertz CT molecular complexity index is 203. The first-order valence-electron chi connectivity index (χ1n) is 5.05. The van der Waals surface area contributed by atoms with Crippen molar-refractivity contribution in [2.45, 2.75) is 27.7 Å². The number of hydrogen-bond donors (Lipinski definition) is 0. The van der Waals surface area contributed by atoms with Gasteiger partial charge in [0.25, 0.3) is 0 Å². The first kappa shape index (κ1) is 10.5. The Morgan fingerprint density at radius 1 is 1.46 bits per heavy atom. The summed E-state index contributed by atoms with van der Waals surface area (Å²) < 4.78 is 0. The summed E-state index contributed by atoms with van der Waals surface area (Å²) >= 11 is 0. The third-order valence-electron chi connectivity index (χ3n) is 2.93. The van der Waals surface area contributed by atoms with E-state index in [0.29, 0.717) is 5.41 Å². The molecular formula is C11H20N2. The summed E-state index contributed by atoms with van der Waals surface area (Å²) in [6.07, 6.45) is 0. The van der Waals surface area contributed by atoms with E-state index in [-0.39, 0.29) is 5.92 Å². The largest absolute Gasteiger partial charge is 0.301 e. The van der Waals surface area contributed by atoms with Crippen LogP contribution in [0.4, 0.5) is 0 Å². The van der Waals surface area contributed by atoms with Crippen LogP contribution in [0.1, 0.15) is 27.7 Å². The van der Waals surface area contributed by atoms with Crippen molar-refractivity contribution >= 4 is 0 Å². The van der Waals surface area contributed by atoms with Crippen molar-refractivity contribution in [1.29, 1.82) is 5.26 Å². The fourth-order valence-corrected chi connectivity index (χ4v) is 1.69. The van der Waals surface area contributed by atoms with Gasteiger partial charge in [-0.2, -0.15) is 5.26 Å². The summed E-state index contributed by atoms with van der Waals surface area (Å²) in [5.41, 5.74) is 0.437. The third kappa shape index (κ3) is 2.70. The Kier molecular flexibility index (Phi) is 2.98. The Labute approximate surface area is 81.5 Å². The zero-order valence-corrected chi connectivity index (χ0v) is 9.17. The monoisotopic (exact) mass is 180 g/mol. The molecule has 1 rings (SSSR count). The minimum Gasteiger partial charge on any atom is -0.301 e. The summed E-state index contributed by atoms with van der Waals surface area (Å²) in [7, 11) is 0. The van der Waals surface area contributed by atoms with E-state index in [1.807, 2.05) is 6.92 Å². The standard InChI is InChI=1S/C11H20N2/c1-9(5-12)6-13-7-10(8-13)11(2,3)4/h9-10H,6-8H2,1-4H3. The normalized spacial score (nSPS) is 22.1. The molecule has 0 aromatic rings. The van der Waals surface area contributed by atoms with Crippen LogP contribution >= 0.6 is 0 Å². The molecule has 2 heteroatoms. The van der Waals surface area contributed by atoms with Crippen LogP contribution in [0.25, 0.3) is 0 Å². The number of rotatable bonds is 2. The van der Waals surface area contributed by atoms with Crippen LogP contribution in [0.15, 0.2) is 0 Å². The zero-order valence-electron chi connectivity index (χ0n) is 9.17. The highest BCUT2D eigenvalue weighted by Gasteiger charge is 2.35. The molecule has 1 heterocycles. The highest BCUT2D eigenvalue weighted by Crippen LogP contribution is 2.33. The summed E-state index contributed by atoms with van der Waals surface area (Å²) in [6.45, 7) is 12.2. The molecule has 1 aliphatic heterocycles. The van der Waals surface area contributed by atoms with Gasteiger partial charge in [-0.3, -0.25) is 0 Å². The van der Waals surface area contributed by atoms with E-state index >= 15 is 0 Å². The van der Waals surface area contributed by atoms with Crippen molar-refractivity contribution in [2.24, 2.45) is 17.3 Å². The second kappa shape index (κ2) is 3.67. The van der Waals surface area contributed by atoms with Gasteiger partial charge in [-0.15, -0.1) is 0 Å². The maximum atomic E-state index is 8.65. The summed E-state index contributed by atoms with van der Waals surface area (Å²) in [5.74, 6) is 0.999. The molecule has 1 atom stereocenters. The molecule has 0 spiro atoms. The first-order chi connectivity index (χ1) is 5.93. The van der Waals surface area contributed by atoms with Gasteiger partial charge in [-0.25, -0.2) is 0 Å². The van der Waals surface area contributed by atoms with Crippen molar-refractivity contribution in [3.8, 4) is 6.07 Å². The van der Waals surface area contributed by atoms with E-state index in [1.165, 1.54) is 13.1 Å². The van der Waals surface area contributed by atoms with Crippen LogP contribution in [0.3, 0.4) is 0 Å². The lowest BCUT2D eigenvalue weighted by Crippen LogP contribution is -2.53. The van der Waals surface area contributed by atoms with Gasteiger partial charge in [0.15, 0.2) is 0 Å². The van der Waals surface area contributed by atoms with Gasteiger partial charge in [-0.1, -0.05) is 20.8 Å². The van der Waals surface area contributed by atoms with E-state index in [2.05, 4.69) is 31.7 Å². The molecule has 0 aromatic heterocycles. The van der Waals surface area contributed by atoms with E-state index in [0.717, 1.165) is 12.5 Å². The molecule has 13 heavy (non-hydrogen) atoms. The Balaban J connectivity index is 2.23. The molecule has 0 aliphatic carbocycles. The SMILES string of the molecule is CC(C#N)CN1CC(C(C)(C)C)C1. The van der Waals surface area contributed by atoms with Gasteiger partial charge >= 0.3 is 0 Å². The average molecular weight is 180 g/mol. The van der Waals surface area contributed by atoms with Crippen LogP contribution in [0.2, 0.25) is 0 Å². The lowest BCUT2D eigenvalue weighted by atomic mass is 9.76. The maximum Gasteiger partial charge on any atom is 0.0666 e. The molecule has 74 valence electrons. The van der Waals surface area contributed by atoms with Gasteiger partial charge in [-0.05, 0) is 18.3 Å². The van der Waals surface area contributed by atoms with Crippen molar-refractivity contribution < 1.29 is 0 Å². The fraction of sp³-hybridized carbons (Fsp3) is 0.909. The van der Waals surface area contributed by atoms with Gasteiger partial charge < -0.3 is 4.90 Å². The number of nitriles is 1. The number of hydrogen-bond acceptors (Lipinski definition) is 2. The molecule has 1 fully saturated rings. The molecule has 0 aromatic carbocycles. The molecule has 0 amide bonds. The lowest BCUT2D eigenvalue weighted by Gasteiger charge is -2.46.